The SMILES string of the molecule is COc1ccc(CN2CCN(C3CC4(CCN(c5ccc(C(=O)NS(=O)(=O)c6ccc(NCC7COCCO7)c([N+](=O)[O-])c6)c(Oc6cnc7[nH]ccc7c6)c5)CC4)C3)C(c3ccccc3C(C)C)C2)cc1. The predicted molar refractivity (Wildman–Crippen MR) is 275 cm³/mol. The zero-order valence-electron chi connectivity index (χ0n) is 40.9. The van der Waals surface area contributed by atoms with Crippen molar-refractivity contribution < 1.29 is 37.1 Å². The largest absolute Gasteiger partial charge is 0.497 e. The summed E-state index contributed by atoms with van der Waals surface area (Å²) in [5.41, 5.74) is 5.46. The van der Waals surface area contributed by atoms with Gasteiger partial charge in [0.1, 0.15) is 28.6 Å². The highest BCUT2D eigenvalue weighted by molar-refractivity contribution is 7.90. The van der Waals surface area contributed by atoms with Crippen LogP contribution in [0.3, 0.4) is 0 Å². The van der Waals surface area contributed by atoms with Crippen LogP contribution in [0, 0.1) is 15.5 Å². The molecule has 1 amide bonds. The lowest BCUT2D eigenvalue weighted by Crippen LogP contribution is -2.60. The third-order valence-corrected chi connectivity index (χ3v) is 16.3. The maximum atomic E-state index is 14.1. The van der Waals surface area contributed by atoms with Gasteiger partial charge in [0.2, 0.25) is 0 Å². The van der Waals surface area contributed by atoms with E-state index in [2.05, 4.69) is 85.0 Å². The average Bonchev–Trinajstić information content (AvgIpc) is 3.86. The third-order valence-electron chi connectivity index (χ3n) is 15.0. The number of piperazine rings is 1. The number of nitrogens with zero attached hydrogens (tertiary/aromatic N) is 5. The lowest BCUT2D eigenvalue weighted by Gasteiger charge is -2.58. The van der Waals surface area contributed by atoms with Crippen molar-refractivity contribution >= 4 is 44.0 Å². The summed E-state index contributed by atoms with van der Waals surface area (Å²) in [5.74, 6) is 0.821. The number of nitro benzene ring substituents is 1. The Morgan fingerprint density at radius 2 is 1.76 bits per heavy atom. The summed E-state index contributed by atoms with van der Waals surface area (Å²) >= 11 is 0. The van der Waals surface area contributed by atoms with Crippen LogP contribution in [-0.4, -0.2) is 117 Å². The molecule has 2 unspecified atom stereocenters. The number of rotatable bonds is 16. The van der Waals surface area contributed by atoms with Crippen molar-refractivity contribution in [1.82, 2.24) is 24.5 Å². The molecule has 5 heterocycles. The lowest BCUT2D eigenvalue weighted by atomic mass is 9.59. The van der Waals surface area contributed by atoms with Gasteiger partial charge < -0.3 is 34.1 Å². The van der Waals surface area contributed by atoms with Crippen molar-refractivity contribution in [3.05, 3.63) is 142 Å². The Morgan fingerprint density at radius 1 is 0.958 bits per heavy atom. The first-order chi connectivity index (χ1) is 34.8. The van der Waals surface area contributed by atoms with Gasteiger partial charge in [0, 0.05) is 87.3 Å². The van der Waals surface area contributed by atoms with E-state index in [0.717, 1.165) is 87.8 Å². The van der Waals surface area contributed by atoms with Crippen LogP contribution in [0.4, 0.5) is 17.1 Å². The topological polar surface area (TPSA) is 194 Å². The van der Waals surface area contributed by atoms with Crippen molar-refractivity contribution in [1.29, 1.82) is 0 Å². The molecular weight excluding hydrogens is 937 g/mol. The number of benzene rings is 4. The number of carbonyl (C=O) groups is 1. The van der Waals surface area contributed by atoms with E-state index in [9.17, 15) is 23.3 Å². The van der Waals surface area contributed by atoms with E-state index >= 15 is 0 Å². The number of hydrogen-bond acceptors (Lipinski definition) is 14. The number of amides is 1. The molecule has 0 bridgehead atoms. The van der Waals surface area contributed by atoms with Crippen LogP contribution in [0.5, 0.6) is 17.2 Å². The molecule has 3 saturated heterocycles. The number of methoxy groups -OCH3 is 1. The Balaban J connectivity index is 0.835. The van der Waals surface area contributed by atoms with Crippen LogP contribution in [0.25, 0.3) is 11.0 Å². The van der Waals surface area contributed by atoms with Crippen molar-refractivity contribution in [2.45, 2.75) is 75.1 Å². The van der Waals surface area contributed by atoms with Crippen LogP contribution in [0.1, 0.15) is 78.5 Å². The highest BCUT2D eigenvalue weighted by Crippen LogP contribution is 2.53. The number of aromatic nitrogens is 2. The summed E-state index contributed by atoms with van der Waals surface area (Å²) in [6, 6.07) is 30.4. The van der Waals surface area contributed by atoms with E-state index in [1.54, 1.807) is 31.5 Å². The average molecular weight is 999 g/mol. The van der Waals surface area contributed by atoms with E-state index in [-0.39, 0.29) is 35.1 Å². The normalized spacial score (nSPS) is 19.8. The van der Waals surface area contributed by atoms with Gasteiger partial charge in [-0.15, -0.1) is 0 Å². The molecule has 4 aromatic carbocycles. The van der Waals surface area contributed by atoms with Gasteiger partial charge in [-0.2, -0.15) is 0 Å². The molecule has 72 heavy (non-hydrogen) atoms. The Hall–Kier alpha value is -6.57. The summed E-state index contributed by atoms with van der Waals surface area (Å²) in [5, 5.41) is 15.9. The molecule has 1 spiro atoms. The molecule has 10 rings (SSSR count). The number of H-pyrrole nitrogens is 1. The second-order valence-electron chi connectivity index (χ2n) is 19.9. The molecule has 17 nitrogen and oxygen atoms in total. The molecule has 1 saturated carbocycles. The summed E-state index contributed by atoms with van der Waals surface area (Å²) in [4.78, 5) is 40.3. The van der Waals surface area contributed by atoms with Crippen LogP contribution >= 0.6 is 0 Å². The minimum absolute atomic E-state index is 0.0352. The summed E-state index contributed by atoms with van der Waals surface area (Å²) in [6.45, 7) is 11.5. The molecule has 4 fully saturated rings. The Morgan fingerprint density at radius 3 is 2.51 bits per heavy atom. The lowest BCUT2D eigenvalue weighted by molar-refractivity contribution is -0.384. The Bertz CT molecular complexity index is 3020. The zero-order valence-corrected chi connectivity index (χ0v) is 41.7. The first-order valence-corrected chi connectivity index (χ1v) is 26.3. The van der Waals surface area contributed by atoms with Crippen LogP contribution in [-0.2, 0) is 26.0 Å². The van der Waals surface area contributed by atoms with Gasteiger partial charge in [-0.3, -0.25) is 24.7 Å². The van der Waals surface area contributed by atoms with Crippen LogP contribution in [0.15, 0.2) is 114 Å². The number of nitrogens with one attached hydrogen (secondary N) is 3. The zero-order chi connectivity index (χ0) is 50.0. The Labute approximate surface area is 420 Å². The molecule has 2 atom stereocenters. The maximum absolute atomic E-state index is 14.1. The quantitative estimate of drug-likeness (QED) is 0.0616. The second kappa shape index (κ2) is 20.9. The standard InChI is InChI=1S/C54H62N8O9S/c1-36(2)45-6-4-5-7-46(45)50-34-59(33-37-8-11-41(68-3)12-9-37)22-23-61(50)40-29-54(30-40)17-20-60(21-18-54)39-10-14-47(51(27-39)71-42-26-38-16-19-55-52(38)57-31-42)53(63)58-72(66,67)44-13-15-48(49(28-44)62(64)65)56-32-43-35-69-24-25-70-43/h4-16,19,26-28,31,36,40,43,50,56H,17-18,20-25,29-30,32-35H2,1-3H3,(H,55,57)(H,58,63). The summed E-state index contributed by atoms with van der Waals surface area (Å²) in [6.07, 6.45) is 7.30. The molecule has 2 aromatic heterocycles. The fraction of sp³-hybridized carbons (Fsp3) is 0.407. The molecule has 0 radical (unpaired) electrons. The first kappa shape index (κ1) is 49.0. The van der Waals surface area contributed by atoms with Crippen molar-refractivity contribution in [3.8, 4) is 17.2 Å². The van der Waals surface area contributed by atoms with Gasteiger partial charge in [-0.05, 0) is 102 Å². The Kier molecular flexibility index (Phi) is 14.2. The van der Waals surface area contributed by atoms with Gasteiger partial charge in [-0.25, -0.2) is 18.1 Å². The summed E-state index contributed by atoms with van der Waals surface area (Å²) in [7, 11) is -2.89. The fourth-order valence-corrected chi connectivity index (χ4v) is 12.0. The molecule has 18 heteroatoms. The number of anilines is 2. The van der Waals surface area contributed by atoms with Crippen molar-refractivity contribution in [3.63, 3.8) is 0 Å². The number of fused-ring (bicyclic) bond motifs is 1. The van der Waals surface area contributed by atoms with Crippen LogP contribution in [0.2, 0.25) is 0 Å². The highest BCUT2D eigenvalue weighted by Gasteiger charge is 2.50. The van der Waals surface area contributed by atoms with E-state index in [1.807, 2.05) is 24.3 Å². The molecule has 1 aliphatic carbocycles. The van der Waals surface area contributed by atoms with Gasteiger partial charge >= 0.3 is 0 Å². The van der Waals surface area contributed by atoms with E-state index in [4.69, 9.17) is 18.9 Å². The fourth-order valence-electron chi connectivity index (χ4n) is 11.0. The van der Waals surface area contributed by atoms with Gasteiger partial charge in [0.15, 0.2) is 0 Å². The third kappa shape index (κ3) is 10.6. The molecule has 3 aliphatic heterocycles. The smallest absolute Gasteiger partial charge is 0.293 e. The van der Waals surface area contributed by atoms with E-state index in [0.29, 0.717) is 49.2 Å². The van der Waals surface area contributed by atoms with E-state index in [1.165, 1.54) is 35.0 Å². The second-order valence-corrected chi connectivity index (χ2v) is 21.5. The number of sulfonamides is 1. The van der Waals surface area contributed by atoms with Crippen molar-refractivity contribution in [2.75, 3.05) is 76.4 Å². The highest BCUT2D eigenvalue weighted by atomic mass is 32.2. The van der Waals surface area contributed by atoms with Gasteiger partial charge in [0.05, 0.1) is 54.6 Å². The van der Waals surface area contributed by atoms with Gasteiger partial charge in [0.25, 0.3) is 21.6 Å². The number of hydrogen-bond donors (Lipinski definition) is 3. The molecule has 4 aliphatic rings. The number of ether oxygens (including phenoxy) is 4. The number of piperidine rings is 1. The number of aromatic amines is 1. The van der Waals surface area contributed by atoms with Crippen molar-refractivity contribution in [2.24, 2.45) is 5.41 Å². The maximum Gasteiger partial charge on any atom is 0.293 e. The monoisotopic (exact) mass is 998 g/mol. The summed E-state index contributed by atoms with van der Waals surface area (Å²) < 4.78 is 52.5. The predicted octanol–water partition coefficient (Wildman–Crippen LogP) is 8.65. The minimum atomic E-state index is -4.59. The first-order valence-electron chi connectivity index (χ1n) is 24.8. The molecule has 6 aromatic rings. The molecule has 3 N–H and O–H groups in total. The molecular formula is C54H62N8O9S. The molecule has 378 valence electrons. The van der Waals surface area contributed by atoms with Crippen LogP contribution < -0.4 is 24.4 Å². The number of pyridine rings is 1. The van der Waals surface area contributed by atoms with E-state index < -0.39 is 31.4 Å². The number of carbonyl (C=O) groups excluding carboxylic acids is 1. The minimum Gasteiger partial charge on any atom is -0.497 e. The van der Waals surface area contributed by atoms with Gasteiger partial charge in [-0.1, -0.05) is 50.2 Å². The number of nitro groups is 1.